The Morgan fingerprint density at radius 1 is 0.931 bits per heavy atom. The van der Waals surface area contributed by atoms with Gasteiger partial charge in [-0.25, -0.2) is 4.99 Å². The summed E-state index contributed by atoms with van der Waals surface area (Å²) in [6.07, 6.45) is 7.50. The van der Waals surface area contributed by atoms with Crippen molar-refractivity contribution < 1.29 is 4.79 Å². The van der Waals surface area contributed by atoms with E-state index in [0.717, 1.165) is 62.7 Å². The maximum absolute atomic E-state index is 12.6. The number of nitrogens with one attached hydrogen (secondary N) is 2. The molecule has 1 aromatic carbocycles. The molecule has 0 bridgehead atoms. The van der Waals surface area contributed by atoms with Gasteiger partial charge < -0.3 is 20.4 Å². The molecule has 2 heterocycles. The standard InChI is InChI=1S/C23H37N5O/c1-2-24-23(25-13-18-27-14-5-3-6-15-27)26-19-20-9-11-21(12-10-20)22(29)28-16-7-4-8-17-28/h9-12H,2-8,13-19H2,1H3,(H2,24,25,26). The number of hydrogen-bond acceptors (Lipinski definition) is 3. The number of hydrogen-bond donors (Lipinski definition) is 2. The van der Waals surface area contributed by atoms with Crippen molar-refractivity contribution in [2.45, 2.75) is 52.0 Å². The number of likely N-dealkylation sites (tertiary alicyclic amines) is 2. The summed E-state index contributed by atoms with van der Waals surface area (Å²) in [5.74, 6) is 1.02. The third-order valence-corrected chi connectivity index (χ3v) is 5.78. The van der Waals surface area contributed by atoms with Gasteiger partial charge in [-0.2, -0.15) is 0 Å². The molecule has 0 aliphatic carbocycles. The van der Waals surface area contributed by atoms with Crippen LogP contribution in [0.2, 0.25) is 0 Å². The number of carbonyl (C=O) groups excluding carboxylic acids is 1. The van der Waals surface area contributed by atoms with Gasteiger partial charge in [-0.3, -0.25) is 4.79 Å². The number of aliphatic imine (C=N–C) groups is 1. The number of benzene rings is 1. The van der Waals surface area contributed by atoms with E-state index >= 15 is 0 Å². The fourth-order valence-corrected chi connectivity index (χ4v) is 4.06. The van der Waals surface area contributed by atoms with Crippen LogP contribution in [0.15, 0.2) is 29.3 Å². The van der Waals surface area contributed by atoms with Gasteiger partial charge in [0.2, 0.25) is 0 Å². The van der Waals surface area contributed by atoms with Gasteiger partial charge in [-0.15, -0.1) is 0 Å². The van der Waals surface area contributed by atoms with Crippen molar-refractivity contribution in [2.24, 2.45) is 4.99 Å². The molecule has 29 heavy (non-hydrogen) atoms. The average molecular weight is 400 g/mol. The Kier molecular flexibility index (Phi) is 8.81. The Bertz CT molecular complexity index is 646. The Balaban J connectivity index is 1.48. The van der Waals surface area contributed by atoms with E-state index in [1.54, 1.807) is 0 Å². The number of nitrogens with zero attached hydrogens (tertiary/aromatic N) is 3. The third-order valence-electron chi connectivity index (χ3n) is 5.78. The first-order chi connectivity index (χ1) is 14.3. The monoisotopic (exact) mass is 399 g/mol. The first-order valence-electron chi connectivity index (χ1n) is 11.4. The van der Waals surface area contributed by atoms with Gasteiger partial charge in [0.1, 0.15) is 0 Å². The van der Waals surface area contributed by atoms with Crippen LogP contribution in [0.25, 0.3) is 0 Å². The summed E-state index contributed by atoms with van der Waals surface area (Å²) in [6, 6.07) is 7.94. The topological polar surface area (TPSA) is 60.0 Å². The minimum Gasteiger partial charge on any atom is -0.357 e. The van der Waals surface area contributed by atoms with Crippen LogP contribution >= 0.6 is 0 Å². The largest absolute Gasteiger partial charge is 0.357 e. The number of piperidine rings is 2. The van der Waals surface area contributed by atoms with Crippen LogP contribution in [0.4, 0.5) is 0 Å². The van der Waals surface area contributed by atoms with Gasteiger partial charge in [-0.1, -0.05) is 18.6 Å². The van der Waals surface area contributed by atoms with Crippen LogP contribution in [-0.4, -0.2) is 67.5 Å². The molecule has 2 fully saturated rings. The molecule has 2 saturated heterocycles. The number of rotatable bonds is 7. The van der Waals surface area contributed by atoms with Gasteiger partial charge in [0.05, 0.1) is 6.54 Å². The van der Waals surface area contributed by atoms with Crippen LogP contribution in [-0.2, 0) is 6.54 Å². The lowest BCUT2D eigenvalue weighted by molar-refractivity contribution is 0.0724. The van der Waals surface area contributed by atoms with Crippen molar-refractivity contribution in [3.05, 3.63) is 35.4 Å². The van der Waals surface area contributed by atoms with E-state index in [2.05, 4.69) is 22.5 Å². The van der Waals surface area contributed by atoms with E-state index in [1.165, 1.54) is 38.8 Å². The normalized spacial score (nSPS) is 18.5. The fourth-order valence-electron chi connectivity index (χ4n) is 4.06. The highest BCUT2D eigenvalue weighted by Gasteiger charge is 2.17. The molecule has 1 amide bonds. The predicted octanol–water partition coefficient (Wildman–Crippen LogP) is 2.85. The zero-order chi connectivity index (χ0) is 20.3. The highest BCUT2D eigenvalue weighted by Crippen LogP contribution is 2.14. The minimum atomic E-state index is 0.160. The molecule has 2 aliphatic rings. The van der Waals surface area contributed by atoms with E-state index < -0.39 is 0 Å². The molecular formula is C23H37N5O. The Hall–Kier alpha value is -2.08. The van der Waals surface area contributed by atoms with E-state index in [0.29, 0.717) is 6.54 Å². The third kappa shape index (κ3) is 7.03. The molecule has 0 spiro atoms. The SMILES string of the molecule is CCNC(=NCc1ccc(C(=O)N2CCCCC2)cc1)NCCN1CCCCC1. The molecular weight excluding hydrogens is 362 g/mol. The second-order valence-electron chi connectivity index (χ2n) is 8.07. The summed E-state index contributed by atoms with van der Waals surface area (Å²) >= 11 is 0. The quantitative estimate of drug-likeness (QED) is 0.547. The molecule has 0 unspecified atom stereocenters. The first-order valence-corrected chi connectivity index (χ1v) is 11.4. The molecule has 1 aromatic rings. The highest BCUT2D eigenvalue weighted by atomic mass is 16.2. The molecule has 6 heteroatoms. The van der Waals surface area contributed by atoms with E-state index in [1.807, 2.05) is 29.2 Å². The second-order valence-corrected chi connectivity index (χ2v) is 8.07. The number of carbonyl (C=O) groups is 1. The van der Waals surface area contributed by atoms with Crippen molar-refractivity contribution in [3.8, 4) is 0 Å². The van der Waals surface area contributed by atoms with Crippen LogP contribution < -0.4 is 10.6 Å². The van der Waals surface area contributed by atoms with Crippen molar-refractivity contribution in [3.63, 3.8) is 0 Å². The molecule has 6 nitrogen and oxygen atoms in total. The summed E-state index contributed by atoms with van der Waals surface area (Å²) in [5.41, 5.74) is 1.90. The van der Waals surface area contributed by atoms with Gasteiger partial charge in [0.15, 0.2) is 5.96 Å². The van der Waals surface area contributed by atoms with Crippen LogP contribution in [0.5, 0.6) is 0 Å². The Labute approximate surface area is 175 Å². The lowest BCUT2D eigenvalue weighted by atomic mass is 10.1. The predicted molar refractivity (Wildman–Crippen MR) is 119 cm³/mol. The zero-order valence-electron chi connectivity index (χ0n) is 18.0. The lowest BCUT2D eigenvalue weighted by Crippen LogP contribution is -2.42. The summed E-state index contributed by atoms with van der Waals surface area (Å²) in [7, 11) is 0. The molecule has 0 atom stereocenters. The molecule has 2 N–H and O–H groups in total. The number of guanidine groups is 1. The van der Waals surface area contributed by atoms with Crippen molar-refractivity contribution in [1.29, 1.82) is 0 Å². The zero-order valence-corrected chi connectivity index (χ0v) is 18.0. The van der Waals surface area contributed by atoms with Gasteiger partial charge in [0.25, 0.3) is 5.91 Å². The number of amides is 1. The maximum Gasteiger partial charge on any atom is 0.253 e. The highest BCUT2D eigenvalue weighted by molar-refractivity contribution is 5.94. The summed E-state index contributed by atoms with van der Waals surface area (Å²) < 4.78 is 0. The second kappa shape index (κ2) is 11.8. The first kappa shape index (κ1) is 21.6. The fraction of sp³-hybridized carbons (Fsp3) is 0.652. The summed E-state index contributed by atoms with van der Waals surface area (Å²) in [6.45, 7) is 9.74. The van der Waals surface area contributed by atoms with Gasteiger partial charge in [0, 0.05) is 38.3 Å². The van der Waals surface area contributed by atoms with Crippen LogP contribution in [0, 0.1) is 0 Å². The summed E-state index contributed by atoms with van der Waals surface area (Å²) in [5, 5.41) is 6.77. The molecule has 160 valence electrons. The molecule has 0 radical (unpaired) electrons. The Morgan fingerprint density at radius 3 is 2.24 bits per heavy atom. The maximum atomic E-state index is 12.6. The lowest BCUT2D eigenvalue weighted by Gasteiger charge is -2.26. The van der Waals surface area contributed by atoms with Crippen molar-refractivity contribution >= 4 is 11.9 Å². The molecule has 0 saturated carbocycles. The molecule has 2 aliphatic heterocycles. The van der Waals surface area contributed by atoms with Gasteiger partial charge >= 0.3 is 0 Å². The van der Waals surface area contributed by atoms with E-state index in [4.69, 9.17) is 4.99 Å². The minimum absolute atomic E-state index is 0.160. The summed E-state index contributed by atoms with van der Waals surface area (Å²) in [4.78, 5) is 21.8. The molecule has 3 rings (SSSR count). The van der Waals surface area contributed by atoms with Gasteiger partial charge in [-0.05, 0) is 69.8 Å². The van der Waals surface area contributed by atoms with Crippen molar-refractivity contribution in [2.75, 3.05) is 45.8 Å². The van der Waals surface area contributed by atoms with Crippen LogP contribution in [0.1, 0.15) is 61.4 Å². The smallest absolute Gasteiger partial charge is 0.253 e. The van der Waals surface area contributed by atoms with Crippen molar-refractivity contribution in [1.82, 2.24) is 20.4 Å². The van der Waals surface area contributed by atoms with E-state index in [-0.39, 0.29) is 5.91 Å². The average Bonchev–Trinajstić information content (AvgIpc) is 2.78. The van der Waals surface area contributed by atoms with Crippen LogP contribution in [0.3, 0.4) is 0 Å². The molecule has 0 aromatic heterocycles. The van der Waals surface area contributed by atoms with E-state index in [9.17, 15) is 4.79 Å². The Morgan fingerprint density at radius 2 is 1.59 bits per heavy atom.